The summed E-state index contributed by atoms with van der Waals surface area (Å²) in [4.78, 5) is 29.1. The van der Waals surface area contributed by atoms with Gasteiger partial charge in [0.05, 0.1) is 22.8 Å². The molecule has 0 aliphatic carbocycles. The van der Waals surface area contributed by atoms with Crippen molar-refractivity contribution in [2.45, 2.75) is 44.7 Å². The number of anilines is 1. The van der Waals surface area contributed by atoms with Gasteiger partial charge >= 0.3 is 6.18 Å². The Hall–Kier alpha value is -4.42. The first kappa shape index (κ1) is 25.2. The van der Waals surface area contributed by atoms with Crippen molar-refractivity contribution >= 4 is 22.3 Å². The number of rotatable bonds is 7. The Labute approximate surface area is 213 Å². The van der Waals surface area contributed by atoms with Gasteiger partial charge in [-0.25, -0.2) is 14.5 Å². The molecule has 0 spiro atoms. The Morgan fingerprint density at radius 3 is 2.79 bits per heavy atom. The van der Waals surface area contributed by atoms with E-state index in [4.69, 9.17) is 0 Å². The highest BCUT2D eigenvalue weighted by molar-refractivity contribution is 6.03. The summed E-state index contributed by atoms with van der Waals surface area (Å²) in [5.74, 6) is -0.225. The predicted octanol–water partition coefficient (Wildman–Crippen LogP) is 3.50. The fraction of sp³-hybridized carbons (Fsp3) is 0.280. The molecule has 0 saturated carbocycles. The van der Waals surface area contributed by atoms with E-state index in [1.54, 1.807) is 41.6 Å². The summed E-state index contributed by atoms with van der Waals surface area (Å²) in [7, 11) is 0. The van der Waals surface area contributed by atoms with Gasteiger partial charge < -0.3 is 9.88 Å². The van der Waals surface area contributed by atoms with Crippen LogP contribution in [0.1, 0.15) is 30.9 Å². The molecule has 2 aromatic heterocycles. The van der Waals surface area contributed by atoms with E-state index in [1.165, 1.54) is 10.6 Å². The Kier molecular flexibility index (Phi) is 6.51. The number of hydrogen-bond donors (Lipinski definition) is 3. The van der Waals surface area contributed by atoms with Crippen molar-refractivity contribution in [1.82, 2.24) is 25.2 Å². The van der Waals surface area contributed by atoms with E-state index < -0.39 is 34.8 Å². The van der Waals surface area contributed by atoms with Crippen LogP contribution in [0.5, 0.6) is 0 Å². The molecule has 5 rings (SSSR count). The van der Waals surface area contributed by atoms with Gasteiger partial charge in [0.15, 0.2) is 12.0 Å². The van der Waals surface area contributed by atoms with Crippen LogP contribution in [0.2, 0.25) is 0 Å². The summed E-state index contributed by atoms with van der Waals surface area (Å²) in [6.45, 7) is 1.94. The molecule has 0 amide bonds. The van der Waals surface area contributed by atoms with Gasteiger partial charge in [0, 0.05) is 25.0 Å². The molecule has 2 unspecified atom stereocenters. The van der Waals surface area contributed by atoms with Crippen LogP contribution in [0.15, 0.2) is 69.6 Å². The predicted molar refractivity (Wildman–Crippen MR) is 134 cm³/mol. The lowest BCUT2D eigenvalue weighted by Crippen LogP contribution is -2.37. The molecule has 1 aromatic carbocycles. The Morgan fingerprint density at radius 1 is 1.21 bits per heavy atom. The minimum absolute atomic E-state index is 0.209. The van der Waals surface area contributed by atoms with Crippen LogP contribution in [0.4, 0.5) is 23.2 Å². The molecule has 2 aliphatic rings. The van der Waals surface area contributed by atoms with E-state index >= 15 is 4.39 Å². The highest BCUT2D eigenvalue weighted by Crippen LogP contribution is 2.31. The lowest BCUT2D eigenvalue weighted by molar-refractivity contribution is -0.138. The molecule has 4 heterocycles. The van der Waals surface area contributed by atoms with Crippen LogP contribution in [0.25, 0.3) is 10.8 Å². The summed E-state index contributed by atoms with van der Waals surface area (Å²) < 4.78 is 56.2. The lowest BCUT2D eigenvalue weighted by atomic mass is 10.1. The SMILES string of the molecule is CC(CCCn1ccc2cc(C3=NC4C=CC=CN4N3)c(F)cc2c1=O)Nc1cn[nH]c(=O)c1C(F)(F)F. The largest absolute Gasteiger partial charge is 0.423 e. The number of nitrogens with zero attached hydrogens (tertiary/aromatic N) is 4. The first-order chi connectivity index (χ1) is 18.1. The van der Waals surface area contributed by atoms with Gasteiger partial charge in [0.1, 0.15) is 11.4 Å². The molecule has 3 N–H and O–H groups in total. The highest BCUT2D eigenvalue weighted by Gasteiger charge is 2.37. The highest BCUT2D eigenvalue weighted by atomic mass is 19.4. The van der Waals surface area contributed by atoms with Gasteiger partial charge in [0.2, 0.25) is 0 Å². The zero-order chi connectivity index (χ0) is 27.0. The van der Waals surface area contributed by atoms with Crippen molar-refractivity contribution in [2.75, 3.05) is 5.32 Å². The number of aryl methyl sites for hydroxylation is 1. The third kappa shape index (κ3) is 4.91. The van der Waals surface area contributed by atoms with Crippen LogP contribution in [0, 0.1) is 5.82 Å². The fourth-order valence-electron chi connectivity index (χ4n) is 4.47. The number of amidine groups is 1. The van der Waals surface area contributed by atoms with E-state index in [1.807, 2.05) is 18.2 Å². The molecular formula is C25H23F4N7O2. The number of alkyl halides is 3. The first-order valence-corrected chi connectivity index (χ1v) is 11.8. The molecule has 0 radical (unpaired) electrons. The van der Waals surface area contributed by atoms with Gasteiger partial charge in [-0.3, -0.25) is 20.0 Å². The standard InChI is InChI=1S/C25H23F4N7O2/c1-14(31-19-13-30-33-23(37)21(19)25(27,28)29)5-4-8-35-10-7-15-11-17(18(26)12-16(15)24(35)38)22-32-20-6-2-3-9-36(20)34-22/h2-3,6-7,9-14,20H,4-5,8H2,1H3,(H,32,34)(H2,31,33,37). The van der Waals surface area contributed by atoms with Crippen molar-refractivity contribution in [3.8, 4) is 0 Å². The number of aromatic amines is 1. The molecule has 0 fully saturated rings. The second kappa shape index (κ2) is 9.80. The number of benzene rings is 1. The Balaban J connectivity index is 1.27. The van der Waals surface area contributed by atoms with E-state index in [2.05, 4.69) is 20.8 Å². The van der Waals surface area contributed by atoms with Crippen molar-refractivity contribution in [3.05, 3.63) is 92.7 Å². The number of hydrogen-bond acceptors (Lipinski definition) is 7. The minimum Gasteiger partial charge on any atom is -0.381 e. The number of nitrogens with one attached hydrogen (secondary N) is 3. The third-order valence-electron chi connectivity index (χ3n) is 6.32. The van der Waals surface area contributed by atoms with E-state index in [-0.39, 0.29) is 29.2 Å². The molecule has 13 heteroatoms. The second-order valence-electron chi connectivity index (χ2n) is 9.04. The number of halogens is 4. The van der Waals surface area contributed by atoms with E-state index in [0.29, 0.717) is 24.1 Å². The molecule has 38 heavy (non-hydrogen) atoms. The normalized spacial score (nSPS) is 17.3. The average Bonchev–Trinajstić information content (AvgIpc) is 3.29. The molecule has 0 bridgehead atoms. The van der Waals surface area contributed by atoms with Crippen LogP contribution in [0.3, 0.4) is 0 Å². The lowest BCUT2D eigenvalue weighted by Gasteiger charge is -2.20. The Bertz CT molecular complexity index is 1590. The van der Waals surface area contributed by atoms with E-state index in [9.17, 15) is 22.8 Å². The van der Waals surface area contributed by atoms with Gasteiger partial charge in [-0.15, -0.1) is 0 Å². The smallest absolute Gasteiger partial charge is 0.381 e. The summed E-state index contributed by atoms with van der Waals surface area (Å²) >= 11 is 0. The van der Waals surface area contributed by atoms with Gasteiger partial charge in [-0.2, -0.15) is 18.3 Å². The maximum atomic E-state index is 15.0. The third-order valence-corrected chi connectivity index (χ3v) is 6.32. The number of pyridine rings is 1. The molecule has 2 atom stereocenters. The van der Waals surface area contributed by atoms with Crippen LogP contribution in [-0.4, -0.2) is 37.8 Å². The molecule has 3 aromatic rings. The zero-order valence-corrected chi connectivity index (χ0v) is 20.1. The summed E-state index contributed by atoms with van der Waals surface area (Å²) in [6.07, 6.45) is 5.59. The maximum absolute atomic E-state index is 15.0. The molecule has 9 nitrogen and oxygen atoms in total. The summed E-state index contributed by atoms with van der Waals surface area (Å²) in [5, 5.41) is 10.4. The number of fused-ring (bicyclic) bond motifs is 2. The molecule has 2 aliphatic heterocycles. The fourth-order valence-corrected chi connectivity index (χ4v) is 4.47. The van der Waals surface area contributed by atoms with Gasteiger partial charge in [0.25, 0.3) is 11.1 Å². The van der Waals surface area contributed by atoms with E-state index in [0.717, 1.165) is 6.20 Å². The zero-order valence-electron chi connectivity index (χ0n) is 20.1. The summed E-state index contributed by atoms with van der Waals surface area (Å²) in [6, 6.07) is 4.04. The quantitative estimate of drug-likeness (QED) is 0.405. The van der Waals surface area contributed by atoms with Crippen molar-refractivity contribution in [2.24, 2.45) is 4.99 Å². The molecule has 0 saturated heterocycles. The van der Waals surface area contributed by atoms with Crippen LogP contribution in [-0.2, 0) is 12.7 Å². The maximum Gasteiger partial charge on any atom is 0.423 e. The molecule has 198 valence electrons. The second-order valence-corrected chi connectivity index (χ2v) is 9.04. The van der Waals surface area contributed by atoms with Crippen molar-refractivity contribution in [1.29, 1.82) is 0 Å². The van der Waals surface area contributed by atoms with Gasteiger partial charge in [-0.1, -0.05) is 6.08 Å². The Morgan fingerprint density at radius 2 is 2.03 bits per heavy atom. The van der Waals surface area contributed by atoms with Crippen LogP contribution >= 0.6 is 0 Å². The van der Waals surface area contributed by atoms with Crippen LogP contribution < -0.4 is 21.9 Å². The van der Waals surface area contributed by atoms with Gasteiger partial charge in [-0.05, 0) is 55.5 Å². The number of allylic oxidation sites excluding steroid dienone is 2. The van der Waals surface area contributed by atoms with Crippen molar-refractivity contribution in [3.63, 3.8) is 0 Å². The first-order valence-electron chi connectivity index (χ1n) is 11.8. The van der Waals surface area contributed by atoms with Crippen molar-refractivity contribution < 1.29 is 17.6 Å². The topological polar surface area (TPSA) is 107 Å². The molecular weight excluding hydrogens is 506 g/mol. The minimum atomic E-state index is -4.84. The number of hydrazine groups is 1. The average molecular weight is 529 g/mol. The summed E-state index contributed by atoms with van der Waals surface area (Å²) in [5.41, 5.74) is -0.163. The monoisotopic (exact) mass is 529 g/mol. The number of aliphatic imine (C=N–C) groups is 1. The number of H-pyrrole nitrogens is 1. The number of aromatic nitrogens is 3.